The van der Waals surface area contributed by atoms with E-state index >= 15 is 0 Å². The summed E-state index contributed by atoms with van der Waals surface area (Å²) in [6, 6.07) is 3.79. The van der Waals surface area contributed by atoms with Crippen molar-refractivity contribution in [2.24, 2.45) is 0 Å². The van der Waals surface area contributed by atoms with Crippen LogP contribution in [0.1, 0.15) is 6.92 Å². The first kappa shape index (κ1) is 12.8. The molecule has 1 aromatic heterocycles. The average Bonchev–Trinajstić information content (AvgIpc) is 2.17. The van der Waals surface area contributed by atoms with Gasteiger partial charge in [-0.15, -0.1) is 0 Å². The molecule has 1 unspecified atom stereocenters. The molecule has 0 saturated carbocycles. The van der Waals surface area contributed by atoms with E-state index in [2.05, 4.69) is 26.2 Å². The molecular weight excluding hydrogens is 276 g/mol. The summed E-state index contributed by atoms with van der Waals surface area (Å²) in [5.74, 6) is 1.48. The Morgan fingerprint density at radius 2 is 2.33 bits per heavy atom. The molecule has 0 fully saturated rings. The summed E-state index contributed by atoms with van der Waals surface area (Å²) in [6.45, 7) is 2.32. The first-order chi connectivity index (χ1) is 7.03. The zero-order valence-corrected chi connectivity index (χ0v) is 11.2. The van der Waals surface area contributed by atoms with E-state index in [0.29, 0.717) is 12.3 Å². The number of rotatable bonds is 5. The number of nitrogens with zero attached hydrogens (tertiary/aromatic N) is 1. The van der Waals surface area contributed by atoms with Crippen molar-refractivity contribution >= 4 is 33.5 Å². The van der Waals surface area contributed by atoms with Crippen molar-refractivity contribution in [2.75, 3.05) is 23.9 Å². The van der Waals surface area contributed by atoms with Gasteiger partial charge in [0.25, 0.3) is 0 Å². The summed E-state index contributed by atoms with van der Waals surface area (Å²) in [7, 11) is 0. The molecule has 1 atom stereocenters. The van der Waals surface area contributed by atoms with Crippen LogP contribution in [0.2, 0.25) is 0 Å². The van der Waals surface area contributed by atoms with Gasteiger partial charge in [-0.25, -0.2) is 4.98 Å². The number of nitrogens with one attached hydrogen (secondary N) is 1. The van der Waals surface area contributed by atoms with Crippen molar-refractivity contribution in [3.05, 3.63) is 22.8 Å². The lowest BCUT2D eigenvalue weighted by Crippen LogP contribution is -2.36. The van der Waals surface area contributed by atoms with Crippen LogP contribution in [0.3, 0.4) is 0 Å². The lowest BCUT2D eigenvalue weighted by molar-refractivity contribution is 0.0996. The maximum Gasteiger partial charge on any atom is 0.126 e. The third-order valence-electron chi connectivity index (χ3n) is 1.83. The van der Waals surface area contributed by atoms with Crippen LogP contribution in [0.5, 0.6) is 0 Å². The Morgan fingerprint density at radius 1 is 1.60 bits per heavy atom. The van der Waals surface area contributed by atoms with E-state index in [0.717, 1.165) is 10.3 Å². The highest BCUT2D eigenvalue weighted by Crippen LogP contribution is 2.14. The fourth-order valence-electron chi connectivity index (χ4n) is 1.12. The maximum atomic E-state index is 9.91. The number of aromatic nitrogens is 1. The highest BCUT2D eigenvalue weighted by molar-refractivity contribution is 9.10. The van der Waals surface area contributed by atoms with Gasteiger partial charge in [0.2, 0.25) is 0 Å². The number of hydrogen-bond donors (Lipinski definition) is 2. The molecule has 1 rings (SSSR count). The summed E-state index contributed by atoms with van der Waals surface area (Å²) in [5, 5.41) is 13.0. The minimum atomic E-state index is -0.700. The molecule has 0 aliphatic heterocycles. The van der Waals surface area contributed by atoms with Crippen LogP contribution >= 0.6 is 27.7 Å². The quantitative estimate of drug-likeness (QED) is 0.874. The summed E-state index contributed by atoms with van der Waals surface area (Å²) in [5.41, 5.74) is -0.700. The first-order valence-corrected chi connectivity index (χ1v) is 6.79. The molecule has 0 bridgehead atoms. The molecule has 5 heteroatoms. The Morgan fingerprint density at radius 3 is 2.87 bits per heavy atom. The average molecular weight is 291 g/mol. The molecular formula is C10H15BrN2OS. The van der Waals surface area contributed by atoms with Crippen molar-refractivity contribution in [1.82, 2.24) is 4.98 Å². The predicted molar refractivity (Wildman–Crippen MR) is 69.4 cm³/mol. The van der Waals surface area contributed by atoms with Gasteiger partial charge in [-0.2, -0.15) is 11.8 Å². The van der Waals surface area contributed by atoms with Crippen molar-refractivity contribution in [3.8, 4) is 0 Å². The van der Waals surface area contributed by atoms with Gasteiger partial charge in [-0.3, -0.25) is 0 Å². The van der Waals surface area contributed by atoms with Crippen LogP contribution in [0.15, 0.2) is 22.8 Å². The van der Waals surface area contributed by atoms with Crippen LogP contribution < -0.4 is 5.32 Å². The molecule has 0 aliphatic carbocycles. The summed E-state index contributed by atoms with van der Waals surface area (Å²) >= 11 is 4.95. The summed E-state index contributed by atoms with van der Waals surface area (Å²) in [6.07, 6.45) is 3.71. The van der Waals surface area contributed by atoms with Crippen LogP contribution in [-0.2, 0) is 0 Å². The molecule has 0 radical (unpaired) electrons. The standard InChI is InChI=1S/C10H15BrN2OS/c1-10(14,7-15-2)6-13-9-4-3-8(11)5-12-9/h3-5,14H,6-7H2,1-2H3,(H,12,13). The van der Waals surface area contributed by atoms with Crippen LogP contribution in [0, 0.1) is 0 Å². The monoisotopic (exact) mass is 290 g/mol. The fourth-order valence-corrected chi connectivity index (χ4v) is 2.08. The van der Waals surface area contributed by atoms with E-state index in [9.17, 15) is 5.11 Å². The van der Waals surface area contributed by atoms with Gasteiger partial charge in [0.05, 0.1) is 5.60 Å². The molecule has 2 N–H and O–H groups in total. The van der Waals surface area contributed by atoms with Crippen molar-refractivity contribution in [2.45, 2.75) is 12.5 Å². The van der Waals surface area contributed by atoms with Crippen molar-refractivity contribution in [3.63, 3.8) is 0 Å². The SMILES string of the molecule is CSCC(C)(O)CNc1ccc(Br)cn1. The lowest BCUT2D eigenvalue weighted by atomic mass is 10.1. The second-order valence-electron chi connectivity index (χ2n) is 3.65. The van der Waals surface area contributed by atoms with E-state index < -0.39 is 5.60 Å². The Hall–Kier alpha value is -0.260. The number of pyridine rings is 1. The molecule has 3 nitrogen and oxygen atoms in total. The molecule has 0 aromatic carbocycles. The minimum Gasteiger partial charge on any atom is -0.387 e. The molecule has 15 heavy (non-hydrogen) atoms. The van der Waals surface area contributed by atoms with Gasteiger partial charge >= 0.3 is 0 Å². The topological polar surface area (TPSA) is 45.1 Å². The normalized spacial score (nSPS) is 14.7. The molecule has 0 saturated heterocycles. The van der Waals surface area contributed by atoms with Crippen LogP contribution in [0.4, 0.5) is 5.82 Å². The number of anilines is 1. The largest absolute Gasteiger partial charge is 0.387 e. The van der Waals surface area contributed by atoms with E-state index in [1.54, 1.807) is 18.0 Å². The lowest BCUT2D eigenvalue weighted by Gasteiger charge is -2.22. The zero-order valence-electron chi connectivity index (χ0n) is 8.83. The van der Waals surface area contributed by atoms with E-state index in [4.69, 9.17) is 0 Å². The molecule has 0 amide bonds. The van der Waals surface area contributed by atoms with Gasteiger partial charge in [0.1, 0.15) is 5.82 Å². The van der Waals surface area contributed by atoms with E-state index in [1.807, 2.05) is 25.3 Å². The van der Waals surface area contributed by atoms with Gasteiger partial charge in [0, 0.05) is 23.0 Å². The second kappa shape index (κ2) is 5.72. The van der Waals surface area contributed by atoms with Crippen molar-refractivity contribution in [1.29, 1.82) is 0 Å². The molecule has 1 heterocycles. The van der Waals surface area contributed by atoms with Gasteiger partial charge in [-0.1, -0.05) is 0 Å². The third-order valence-corrected chi connectivity index (χ3v) is 3.21. The number of thioether (sulfide) groups is 1. The van der Waals surface area contributed by atoms with E-state index in [1.165, 1.54) is 0 Å². The maximum absolute atomic E-state index is 9.91. The second-order valence-corrected chi connectivity index (χ2v) is 5.43. The highest BCUT2D eigenvalue weighted by atomic mass is 79.9. The summed E-state index contributed by atoms with van der Waals surface area (Å²) < 4.78 is 0.948. The van der Waals surface area contributed by atoms with Crippen molar-refractivity contribution < 1.29 is 5.11 Å². The van der Waals surface area contributed by atoms with Crippen LogP contribution in [0.25, 0.3) is 0 Å². The third kappa shape index (κ3) is 4.86. The fraction of sp³-hybridized carbons (Fsp3) is 0.500. The molecule has 0 aliphatic rings. The Kier molecular flexibility index (Phi) is 4.89. The number of hydrogen-bond acceptors (Lipinski definition) is 4. The predicted octanol–water partition coefficient (Wildman–Crippen LogP) is 2.37. The number of halogens is 1. The van der Waals surface area contributed by atoms with Crippen LogP contribution in [-0.4, -0.2) is 34.2 Å². The Balaban J connectivity index is 2.46. The minimum absolute atomic E-state index is 0.502. The van der Waals surface area contributed by atoms with Gasteiger partial charge in [-0.05, 0) is 41.2 Å². The zero-order chi connectivity index (χ0) is 11.3. The Labute approximate surface area is 103 Å². The summed E-state index contributed by atoms with van der Waals surface area (Å²) in [4.78, 5) is 4.17. The van der Waals surface area contributed by atoms with E-state index in [-0.39, 0.29) is 0 Å². The smallest absolute Gasteiger partial charge is 0.126 e. The van der Waals surface area contributed by atoms with Gasteiger partial charge in [0.15, 0.2) is 0 Å². The molecule has 0 spiro atoms. The Bertz CT molecular complexity index is 303. The highest BCUT2D eigenvalue weighted by Gasteiger charge is 2.18. The molecule has 84 valence electrons. The van der Waals surface area contributed by atoms with Gasteiger partial charge < -0.3 is 10.4 Å². The number of aliphatic hydroxyl groups is 1. The first-order valence-electron chi connectivity index (χ1n) is 4.60. The molecule has 1 aromatic rings.